The number of halogens is 6. The Hall–Kier alpha value is -3.27. The molecule has 0 aliphatic heterocycles. The molecule has 0 saturated heterocycles. The lowest BCUT2D eigenvalue weighted by molar-refractivity contribution is -0.149. The van der Waals surface area contributed by atoms with Gasteiger partial charge in [-0.1, -0.05) is 24.3 Å². The molecular weight excluding hydrogens is 410 g/mol. The Balaban J connectivity index is 1.76. The summed E-state index contributed by atoms with van der Waals surface area (Å²) in [7, 11) is 0. The van der Waals surface area contributed by atoms with Gasteiger partial charge >= 0.3 is 12.4 Å². The average molecular weight is 424 g/mol. The van der Waals surface area contributed by atoms with Crippen LogP contribution in [0.15, 0.2) is 60.9 Å². The Morgan fingerprint density at radius 1 is 0.933 bits per heavy atom. The molecule has 0 bridgehead atoms. The number of hydrogen-bond acceptors (Lipinski definition) is 2. The number of benzene rings is 2. The SMILES string of the molecule is N[C@@H](c1ccc(-n2cc(-c3ccc4cc[nH]c4c3)c(C(F)(F)F)n2)cc1)C(F)(F)F. The maximum Gasteiger partial charge on any atom is 0.435 e. The summed E-state index contributed by atoms with van der Waals surface area (Å²) in [4.78, 5) is 2.94. The van der Waals surface area contributed by atoms with E-state index in [1.54, 1.807) is 30.5 Å². The molecule has 2 aromatic carbocycles. The largest absolute Gasteiger partial charge is 0.435 e. The monoisotopic (exact) mass is 424 g/mol. The Bertz CT molecular complexity index is 1180. The van der Waals surface area contributed by atoms with E-state index in [0.29, 0.717) is 11.1 Å². The highest BCUT2D eigenvalue weighted by atomic mass is 19.4. The average Bonchev–Trinajstić information content (AvgIpc) is 3.33. The van der Waals surface area contributed by atoms with Crippen LogP contribution in [0.4, 0.5) is 26.3 Å². The summed E-state index contributed by atoms with van der Waals surface area (Å²) in [5, 5.41) is 4.49. The molecule has 0 unspecified atom stereocenters. The van der Waals surface area contributed by atoms with Gasteiger partial charge in [0.15, 0.2) is 5.69 Å². The van der Waals surface area contributed by atoms with Crippen LogP contribution in [0.2, 0.25) is 0 Å². The van der Waals surface area contributed by atoms with Crippen LogP contribution in [0.25, 0.3) is 27.7 Å². The van der Waals surface area contributed by atoms with E-state index in [1.165, 1.54) is 18.3 Å². The van der Waals surface area contributed by atoms with Gasteiger partial charge in [0.05, 0.1) is 5.69 Å². The molecule has 2 aromatic heterocycles. The molecule has 1 atom stereocenters. The van der Waals surface area contributed by atoms with Crippen molar-refractivity contribution in [2.45, 2.75) is 18.4 Å². The fourth-order valence-electron chi connectivity index (χ4n) is 3.17. The first-order valence-electron chi connectivity index (χ1n) is 8.71. The van der Waals surface area contributed by atoms with Gasteiger partial charge in [-0.25, -0.2) is 4.68 Å². The molecule has 10 heteroatoms. The number of fused-ring (bicyclic) bond motifs is 1. The van der Waals surface area contributed by atoms with Crippen molar-refractivity contribution in [3.63, 3.8) is 0 Å². The molecule has 0 spiro atoms. The summed E-state index contributed by atoms with van der Waals surface area (Å²) in [6, 6.07) is 9.15. The van der Waals surface area contributed by atoms with Gasteiger partial charge in [0.25, 0.3) is 0 Å². The Kier molecular flexibility index (Phi) is 4.61. The normalized spacial score (nSPS) is 13.7. The molecule has 4 rings (SSSR count). The standard InChI is InChI=1S/C20H14F6N4/c21-19(22,23)17(27)12-3-5-14(6-4-12)30-10-15(18(29-30)20(24,25)26)13-2-1-11-7-8-28-16(11)9-13/h1-10,17,28H,27H2/t17-/m0/s1. The van der Waals surface area contributed by atoms with Crippen molar-refractivity contribution in [3.05, 3.63) is 72.2 Å². The molecule has 3 N–H and O–H groups in total. The number of nitrogens with two attached hydrogens (primary N) is 1. The first-order valence-corrected chi connectivity index (χ1v) is 8.71. The summed E-state index contributed by atoms with van der Waals surface area (Å²) in [6.45, 7) is 0. The van der Waals surface area contributed by atoms with Crippen molar-refractivity contribution in [3.8, 4) is 16.8 Å². The van der Waals surface area contributed by atoms with E-state index in [1.807, 2.05) is 0 Å². The number of rotatable bonds is 3. The molecule has 0 saturated carbocycles. The smallest absolute Gasteiger partial charge is 0.361 e. The third-order valence-electron chi connectivity index (χ3n) is 4.72. The zero-order valence-electron chi connectivity index (χ0n) is 15.1. The van der Waals surface area contributed by atoms with E-state index in [9.17, 15) is 26.3 Å². The fourth-order valence-corrected chi connectivity index (χ4v) is 3.17. The van der Waals surface area contributed by atoms with Gasteiger partial charge in [0.2, 0.25) is 0 Å². The van der Waals surface area contributed by atoms with Crippen molar-refractivity contribution >= 4 is 10.9 Å². The number of H-pyrrole nitrogens is 1. The predicted molar refractivity (Wildman–Crippen MR) is 98.8 cm³/mol. The Labute approximate surface area is 165 Å². The lowest BCUT2D eigenvalue weighted by Gasteiger charge is -2.16. The molecule has 156 valence electrons. The molecule has 0 aliphatic carbocycles. The van der Waals surface area contributed by atoms with Crippen LogP contribution in [0.1, 0.15) is 17.3 Å². The second-order valence-electron chi connectivity index (χ2n) is 6.72. The minimum Gasteiger partial charge on any atom is -0.361 e. The lowest BCUT2D eigenvalue weighted by Crippen LogP contribution is -2.28. The topological polar surface area (TPSA) is 59.6 Å². The number of hydrogen-bond donors (Lipinski definition) is 2. The highest BCUT2D eigenvalue weighted by Crippen LogP contribution is 2.38. The second-order valence-corrected chi connectivity index (χ2v) is 6.72. The highest BCUT2D eigenvalue weighted by molar-refractivity contribution is 5.85. The summed E-state index contributed by atoms with van der Waals surface area (Å²) in [5.41, 5.74) is 4.86. The quantitative estimate of drug-likeness (QED) is 0.421. The number of nitrogens with one attached hydrogen (secondary N) is 1. The van der Waals surface area contributed by atoms with Gasteiger partial charge in [0, 0.05) is 23.5 Å². The van der Waals surface area contributed by atoms with Crippen molar-refractivity contribution < 1.29 is 26.3 Å². The van der Waals surface area contributed by atoms with Crippen molar-refractivity contribution in [2.75, 3.05) is 0 Å². The third kappa shape index (κ3) is 3.65. The zero-order valence-corrected chi connectivity index (χ0v) is 15.1. The predicted octanol–water partition coefficient (Wildman–Crippen LogP) is 5.60. The molecule has 0 radical (unpaired) electrons. The fraction of sp³-hybridized carbons (Fsp3) is 0.150. The minimum absolute atomic E-state index is 0.143. The third-order valence-corrected chi connectivity index (χ3v) is 4.72. The van der Waals surface area contributed by atoms with Gasteiger partial charge in [0.1, 0.15) is 6.04 Å². The van der Waals surface area contributed by atoms with Crippen molar-refractivity contribution in [2.24, 2.45) is 5.73 Å². The molecular formula is C20H14F6N4. The van der Waals surface area contributed by atoms with Crippen LogP contribution in [-0.2, 0) is 6.18 Å². The zero-order chi connectivity index (χ0) is 21.7. The number of aromatic amines is 1. The molecule has 30 heavy (non-hydrogen) atoms. The van der Waals surface area contributed by atoms with Gasteiger partial charge in [-0.2, -0.15) is 31.4 Å². The lowest BCUT2D eigenvalue weighted by atomic mass is 10.0. The van der Waals surface area contributed by atoms with Gasteiger partial charge in [-0.3, -0.25) is 0 Å². The van der Waals surface area contributed by atoms with E-state index < -0.39 is 24.1 Å². The maximum absolute atomic E-state index is 13.6. The minimum atomic E-state index is -4.72. The van der Waals surface area contributed by atoms with Gasteiger partial charge < -0.3 is 10.7 Å². The second kappa shape index (κ2) is 6.91. The highest BCUT2D eigenvalue weighted by Gasteiger charge is 2.39. The first-order chi connectivity index (χ1) is 14.0. The van der Waals surface area contributed by atoms with Gasteiger partial charge in [-0.05, 0) is 40.8 Å². The summed E-state index contributed by atoms with van der Waals surface area (Å²) in [5.74, 6) is 0. The summed E-state index contributed by atoms with van der Waals surface area (Å²) >= 11 is 0. The maximum atomic E-state index is 13.6. The van der Waals surface area contributed by atoms with E-state index in [-0.39, 0.29) is 16.8 Å². The summed E-state index contributed by atoms with van der Waals surface area (Å²) in [6.07, 6.45) is -6.47. The Morgan fingerprint density at radius 3 is 2.27 bits per heavy atom. The van der Waals surface area contributed by atoms with Crippen LogP contribution in [-0.4, -0.2) is 20.9 Å². The molecule has 0 fully saturated rings. The number of aromatic nitrogens is 3. The van der Waals surface area contributed by atoms with Crippen molar-refractivity contribution in [1.82, 2.24) is 14.8 Å². The number of alkyl halides is 6. The van der Waals surface area contributed by atoms with Crippen LogP contribution in [0.5, 0.6) is 0 Å². The first kappa shape index (κ1) is 20.0. The van der Waals surface area contributed by atoms with E-state index in [4.69, 9.17) is 5.73 Å². The molecule has 0 aliphatic rings. The summed E-state index contributed by atoms with van der Waals surface area (Å²) < 4.78 is 80.0. The van der Waals surface area contributed by atoms with Gasteiger partial charge in [-0.15, -0.1) is 0 Å². The Morgan fingerprint density at radius 2 is 1.63 bits per heavy atom. The molecule has 4 aromatic rings. The molecule has 0 amide bonds. The van der Waals surface area contributed by atoms with E-state index in [2.05, 4.69) is 10.1 Å². The van der Waals surface area contributed by atoms with Crippen LogP contribution in [0.3, 0.4) is 0 Å². The van der Waals surface area contributed by atoms with Crippen LogP contribution >= 0.6 is 0 Å². The number of nitrogens with zero attached hydrogens (tertiary/aromatic N) is 2. The molecule has 4 nitrogen and oxygen atoms in total. The van der Waals surface area contributed by atoms with E-state index in [0.717, 1.165) is 22.2 Å². The van der Waals surface area contributed by atoms with Crippen LogP contribution < -0.4 is 5.73 Å². The van der Waals surface area contributed by atoms with Crippen LogP contribution in [0, 0.1) is 0 Å². The molecule has 2 heterocycles. The van der Waals surface area contributed by atoms with Crippen molar-refractivity contribution in [1.29, 1.82) is 0 Å². The van der Waals surface area contributed by atoms with E-state index >= 15 is 0 Å².